The number of anilines is 1. The van der Waals surface area contributed by atoms with Crippen molar-refractivity contribution in [3.63, 3.8) is 0 Å². The molecule has 1 aromatic rings. The highest BCUT2D eigenvalue weighted by Gasteiger charge is 2.36. The van der Waals surface area contributed by atoms with Gasteiger partial charge in [0.15, 0.2) is 0 Å². The van der Waals surface area contributed by atoms with Gasteiger partial charge < -0.3 is 14.7 Å². The summed E-state index contributed by atoms with van der Waals surface area (Å²) in [4.78, 5) is 24.8. The maximum absolute atomic E-state index is 11.8. The summed E-state index contributed by atoms with van der Waals surface area (Å²) in [7, 11) is 0. The Kier molecular flexibility index (Phi) is 3.96. The van der Waals surface area contributed by atoms with Gasteiger partial charge in [0.2, 0.25) is 0 Å². The van der Waals surface area contributed by atoms with E-state index in [0.29, 0.717) is 16.3 Å². The van der Waals surface area contributed by atoms with E-state index < -0.39 is 11.7 Å². The van der Waals surface area contributed by atoms with Crippen LogP contribution in [0.5, 0.6) is 0 Å². The average Bonchev–Trinajstić information content (AvgIpc) is 2.61. The molecular weight excluding hydrogens is 258 g/mol. The van der Waals surface area contributed by atoms with Crippen molar-refractivity contribution >= 4 is 29.0 Å². The van der Waals surface area contributed by atoms with Crippen molar-refractivity contribution in [3.8, 4) is 0 Å². The first-order valence-electron chi connectivity index (χ1n) is 5.50. The molecule has 0 spiro atoms. The molecule has 0 radical (unpaired) electrons. The van der Waals surface area contributed by atoms with E-state index in [1.807, 2.05) is 0 Å². The van der Waals surface area contributed by atoms with Gasteiger partial charge in [-0.2, -0.15) is 0 Å². The molecule has 1 aliphatic heterocycles. The highest BCUT2D eigenvalue weighted by Crippen LogP contribution is 2.35. The van der Waals surface area contributed by atoms with E-state index in [-0.39, 0.29) is 26.4 Å². The second kappa shape index (κ2) is 5.48. The first kappa shape index (κ1) is 13.0. The van der Waals surface area contributed by atoms with E-state index in [2.05, 4.69) is 0 Å². The Hall–Kier alpha value is -1.43. The topological polar surface area (TPSA) is 66.8 Å². The number of halogens is 1. The molecule has 96 valence electrons. The van der Waals surface area contributed by atoms with Crippen LogP contribution in [-0.2, 0) is 9.53 Å². The summed E-state index contributed by atoms with van der Waals surface area (Å²) in [6, 6.07) is 4.85. The van der Waals surface area contributed by atoms with Crippen LogP contribution in [0.25, 0.3) is 0 Å². The summed E-state index contributed by atoms with van der Waals surface area (Å²) >= 11 is 6.01. The number of amides is 1. The van der Waals surface area contributed by atoms with E-state index in [4.69, 9.17) is 21.4 Å². The normalized spacial score (nSPS) is 14.2. The molecule has 0 aliphatic carbocycles. The number of ether oxygens (including phenoxy) is 1. The van der Waals surface area contributed by atoms with Crippen LogP contribution in [0.15, 0.2) is 18.2 Å². The molecule has 2 rings (SSSR count). The molecule has 1 aromatic carbocycles. The Morgan fingerprint density at radius 2 is 2.06 bits per heavy atom. The number of hydrogen-bond donors (Lipinski definition) is 1. The van der Waals surface area contributed by atoms with Crippen LogP contribution in [0.4, 0.5) is 5.69 Å². The summed E-state index contributed by atoms with van der Waals surface area (Å²) in [6.07, 6.45) is 0. The van der Waals surface area contributed by atoms with E-state index in [0.717, 1.165) is 0 Å². The molecule has 6 heteroatoms. The van der Waals surface area contributed by atoms with Crippen LogP contribution < -0.4 is 4.90 Å². The number of Topliss-reactive ketones (excluding diaryl/α,β-unsaturated/α-hetero) is 1. The smallest absolute Gasteiger partial charge is 0.299 e. The SMILES string of the molecule is O=C1C(=O)N(CCOCCO)c2c(Cl)cccc21. The lowest BCUT2D eigenvalue weighted by atomic mass is 10.1. The van der Waals surface area contributed by atoms with Gasteiger partial charge in [-0.3, -0.25) is 9.59 Å². The molecule has 0 atom stereocenters. The van der Waals surface area contributed by atoms with Crippen molar-refractivity contribution in [1.29, 1.82) is 0 Å². The molecule has 0 unspecified atom stereocenters. The van der Waals surface area contributed by atoms with Crippen LogP contribution in [0, 0.1) is 0 Å². The van der Waals surface area contributed by atoms with Crippen molar-refractivity contribution in [1.82, 2.24) is 0 Å². The third-order valence-corrected chi connectivity index (χ3v) is 2.94. The minimum Gasteiger partial charge on any atom is -0.394 e. The third kappa shape index (κ3) is 2.25. The molecule has 0 aromatic heterocycles. The van der Waals surface area contributed by atoms with Gasteiger partial charge in [-0.1, -0.05) is 17.7 Å². The monoisotopic (exact) mass is 269 g/mol. The van der Waals surface area contributed by atoms with Crippen molar-refractivity contribution < 1.29 is 19.4 Å². The van der Waals surface area contributed by atoms with Gasteiger partial charge in [-0.15, -0.1) is 0 Å². The van der Waals surface area contributed by atoms with Gasteiger partial charge in [-0.05, 0) is 12.1 Å². The van der Waals surface area contributed by atoms with Gasteiger partial charge in [0.1, 0.15) is 0 Å². The summed E-state index contributed by atoms with van der Waals surface area (Å²) in [5, 5.41) is 8.94. The average molecular weight is 270 g/mol. The zero-order valence-electron chi connectivity index (χ0n) is 9.56. The predicted octanol–water partition coefficient (Wildman–Crippen LogP) is 0.878. The minimum absolute atomic E-state index is 0.0791. The molecule has 0 saturated heterocycles. The number of aliphatic hydroxyl groups is 1. The van der Waals surface area contributed by atoms with Crippen LogP contribution in [-0.4, -0.2) is 43.2 Å². The molecule has 0 fully saturated rings. The second-order valence-corrected chi connectivity index (χ2v) is 4.17. The number of hydrogen-bond acceptors (Lipinski definition) is 4. The van der Waals surface area contributed by atoms with E-state index in [1.54, 1.807) is 18.2 Å². The summed E-state index contributed by atoms with van der Waals surface area (Å²) in [5.74, 6) is -1.14. The number of aliphatic hydroxyl groups excluding tert-OH is 1. The van der Waals surface area contributed by atoms with Gasteiger partial charge in [0.25, 0.3) is 11.7 Å². The lowest BCUT2D eigenvalue weighted by Crippen LogP contribution is -2.33. The quantitative estimate of drug-likeness (QED) is 0.636. The number of fused-ring (bicyclic) bond motifs is 1. The molecule has 1 N–H and O–H groups in total. The summed E-state index contributed by atoms with van der Waals surface area (Å²) in [6.45, 7) is 0.598. The lowest BCUT2D eigenvalue weighted by Gasteiger charge is -2.17. The minimum atomic E-state index is -0.592. The van der Waals surface area contributed by atoms with Crippen LogP contribution >= 0.6 is 11.6 Å². The fourth-order valence-electron chi connectivity index (χ4n) is 1.85. The highest BCUT2D eigenvalue weighted by molar-refractivity contribution is 6.54. The Bertz CT molecular complexity index is 489. The van der Waals surface area contributed by atoms with Gasteiger partial charge in [0.05, 0.1) is 36.1 Å². The lowest BCUT2D eigenvalue weighted by molar-refractivity contribution is -0.114. The number of ketones is 1. The fourth-order valence-corrected chi connectivity index (χ4v) is 2.12. The number of carbonyl (C=O) groups is 2. The number of rotatable bonds is 5. The molecule has 0 saturated carbocycles. The predicted molar refractivity (Wildman–Crippen MR) is 66.0 cm³/mol. The molecular formula is C12H12ClNO4. The second-order valence-electron chi connectivity index (χ2n) is 3.76. The first-order valence-corrected chi connectivity index (χ1v) is 5.88. The van der Waals surface area contributed by atoms with Crippen LogP contribution in [0.2, 0.25) is 5.02 Å². The summed E-state index contributed by atoms with van der Waals surface area (Å²) in [5.41, 5.74) is 0.774. The molecule has 1 amide bonds. The van der Waals surface area contributed by atoms with Crippen molar-refractivity contribution in [2.75, 3.05) is 31.3 Å². The van der Waals surface area contributed by atoms with Crippen molar-refractivity contribution in [2.24, 2.45) is 0 Å². The zero-order chi connectivity index (χ0) is 13.1. The van der Waals surface area contributed by atoms with Crippen molar-refractivity contribution in [2.45, 2.75) is 0 Å². The summed E-state index contributed by atoms with van der Waals surface area (Å²) < 4.78 is 5.08. The molecule has 18 heavy (non-hydrogen) atoms. The molecule has 1 heterocycles. The maximum atomic E-state index is 11.8. The van der Waals surface area contributed by atoms with E-state index in [9.17, 15) is 9.59 Å². The standard InChI is InChI=1S/C12H12ClNO4/c13-9-3-1-2-8-10(9)14(12(17)11(8)16)4-6-18-7-5-15/h1-3,15H,4-7H2. The molecule has 0 bridgehead atoms. The van der Waals surface area contributed by atoms with Crippen molar-refractivity contribution in [3.05, 3.63) is 28.8 Å². The fraction of sp³-hybridized carbons (Fsp3) is 0.333. The van der Waals surface area contributed by atoms with Gasteiger partial charge in [-0.25, -0.2) is 0 Å². The number of carbonyl (C=O) groups excluding carboxylic acids is 2. The highest BCUT2D eigenvalue weighted by atomic mass is 35.5. The van der Waals surface area contributed by atoms with Crippen LogP contribution in [0.3, 0.4) is 0 Å². The Balaban J connectivity index is 2.17. The van der Waals surface area contributed by atoms with Gasteiger partial charge >= 0.3 is 0 Å². The largest absolute Gasteiger partial charge is 0.394 e. The number of benzene rings is 1. The van der Waals surface area contributed by atoms with E-state index >= 15 is 0 Å². The van der Waals surface area contributed by atoms with Gasteiger partial charge in [0, 0.05) is 6.54 Å². The Morgan fingerprint density at radius 3 is 2.78 bits per heavy atom. The third-order valence-electron chi connectivity index (χ3n) is 2.64. The maximum Gasteiger partial charge on any atom is 0.299 e. The number of para-hydroxylation sites is 1. The zero-order valence-corrected chi connectivity index (χ0v) is 10.3. The number of nitrogens with zero attached hydrogens (tertiary/aromatic N) is 1. The van der Waals surface area contributed by atoms with E-state index in [1.165, 1.54) is 4.90 Å². The molecule has 1 aliphatic rings. The Morgan fingerprint density at radius 1 is 1.28 bits per heavy atom. The van der Waals surface area contributed by atoms with Crippen LogP contribution in [0.1, 0.15) is 10.4 Å². The first-order chi connectivity index (χ1) is 8.66. The molecule has 5 nitrogen and oxygen atoms in total. The Labute approximate surface area is 109 Å².